The topological polar surface area (TPSA) is 79.4 Å². The Morgan fingerprint density at radius 3 is 2.50 bits per heavy atom. The number of imidazole rings is 1. The summed E-state index contributed by atoms with van der Waals surface area (Å²) >= 11 is 0. The number of aryl methyl sites for hydroxylation is 1. The fraction of sp³-hybridized carbons (Fsp3) is 0.667. The first-order valence-electron chi connectivity index (χ1n) is 5.84. The molecule has 1 heterocycles. The van der Waals surface area contributed by atoms with Crippen LogP contribution < -0.4 is 5.73 Å². The van der Waals surface area contributed by atoms with Gasteiger partial charge in [-0.05, 0) is 13.8 Å². The first-order valence-corrected chi connectivity index (χ1v) is 5.84. The summed E-state index contributed by atoms with van der Waals surface area (Å²) in [6, 6.07) is 0. The zero-order valence-electron chi connectivity index (χ0n) is 11.6. The molecular weight excluding hydrogens is 234 g/mol. The number of ether oxygens (including phenoxy) is 2. The highest BCUT2D eigenvalue weighted by molar-refractivity contribution is 5.92. The molecule has 0 unspecified atom stereocenters. The molecule has 0 atom stereocenters. The number of carbonyl (C=O) groups excluding carboxylic acids is 1. The van der Waals surface area contributed by atoms with Crippen LogP contribution in [0.15, 0.2) is 0 Å². The molecule has 6 heteroatoms. The highest BCUT2D eigenvalue weighted by Gasteiger charge is 2.25. The van der Waals surface area contributed by atoms with E-state index < -0.39 is 5.97 Å². The lowest BCUT2D eigenvalue weighted by atomic mass is 10.1. The minimum absolute atomic E-state index is 0.168. The Balaban J connectivity index is 3.18. The summed E-state index contributed by atoms with van der Waals surface area (Å²) in [7, 11) is 2.95. The maximum Gasteiger partial charge on any atom is 0.360 e. The van der Waals surface area contributed by atoms with Gasteiger partial charge in [-0.3, -0.25) is 0 Å². The minimum atomic E-state index is -0.517. The lowest BCUT2D eigenvalue weighted by molar-refractivity contribution is 0.00798. The van der Waals surface area contributed by atoms with Crippen LogP contribution in [0.3, 0.4) is 0 Å². The van der Waals surface area contributed by atoms with Gasteiger partial charge in [-0.15, -0.1) is 0 Å². The second kappa shape index (κ2) is 5.39. The molecule has 0 aromatic carbocycles. The Bertz CT molecular complexity index is 438. The van der Waals surface area contributed by atoms with Crippen LogP contribution in [-0.2, 0) is 22.4 Å². The van der Waals surface area contributed by atoms with Gasteiger partial charge in [0, 0.05) is 13.5 Å². The van der Waals surface area contributed by atoms with Gasteiger partial charge in [0.15, 0.2) is 5.69 Å². The average molecular weight is 255 g/mol. The predicted octanol–water partition coefficient (Wildman–Crippen LogP) is 1.24. The molecule has 0 fully saturated rings. The number of methoxy groups -OCH3 is 2. The molecule has 102 valence electrons. The molecule has 0 aliphatic heterocycles. The van der Waals surface area contributed by atoms with Crippen molar-refractivity contribution >= 4 is 11.8 Å². The third-order valence-electron chi connectivity index (χ3n) is 2.87. The molecule has 1 rings (SSSR count). The molecule has 0 saturated heterocycles. The van der Waals surface area contributed by atoms with Crippen molar-refractivity contribution in [2.24, 2.45) is 0 Å². The lowest BCUT2D eigenvalue weighted by Gasteiger charge is -2.24. The predicted molar refractivity (Wildman–Crippen MR) is 68.4 cm³/mol. The largest absolute Gasteiger partial charge is 0.464 e. The molecule has 0 saturated carbocycles. The Morgan fingerprint density at radius 2 is 2.06 bits per heavy atom. The van der Waals surface area contributed by atoms with E-state index in [1.165, 1.54) is 7.11 Å². The molecular formula is C12H21N3O3. The molecule has 1 aromatic rings. The minimum Gasteiger partial charge on any atom is -0.464 e. The summed E-state index contributed by atoms with van der Waals surface area (Å²) in [5.41, 5.74) is 5.75. The highest BCUT2D eigenvalue weighted by Crippen LogP contribution is 2.21. The Morgan fingerprint density at radius 1 is 1.44 bits per heavy atom. The van der Waals surface area contributed by atoms with Crippen LogP contribution in [0.2, 0.25) is 0 Å². The summed E-state index contributed by atoms with van der Waals surface area (Å²) in [6.07, 6.45) is 0.682. The van der Waals surface area contributed by atoms with Gasteiger partial charge < -0.3 is 19.8 Å². The van der Waals surface area contributed by atoms with Gasteiger partial charge in [-0.2, -0.15) is 0 Å². The summed E-state index contributed by atoms with van der Waals surface area (Å²) in [6.45, 7) is 6.38. The van der Waals surface area contributed by atoms with Crippen molar-refractivity contribution in [2.75, 3.05) is 20.0 Å². The maximum atomic E-state index is 11.5. The molecule has 0 amide bonds. The normalized spacial score (nSPS) is 11.6. The number of rotatable bonds is 5. The Hall–Kier alpha value is -1.56. The van der Waals surface area contributed by atoms with Crippen LogP contribution in [0.4, 0.5) is 5.82 Å². The number of nitrogens with zero attached hydrogens (tertiary/aromatic N) is 2. The van der Waals surface area contributed by atoms with Gasteiger partial charge in [0.25, 0.3) is 0 Å². The maximum absolute atomic E-state index is 11.5. The van der Waals surface area contributed by atoms with Crippen LogP contribution in [0, 0.1) is 0 Å². The number of aromatic nitrogens is 2. The van der Waals surface area contributed by atoms with E-state index in [-0.39, 0.29) is 11.3 Å². The molecule has 0 radical (unpaired) electrons. The fourth-order valence-corrected chi connectivity index (χ4v) is 1.65. The van der Waals surface area contributed by atoms with Crippen molar-refractivity contribution in [3.8, 4) is 0 Å². The quantitative estimate of drug-likeness (QED) is 0.801. The molecule has 0 aliphatic carbocycles. The number of nitrogen functional groups attached to an aromatic ring is 1. The number of carbonyl (C=O) groups is 1. The third-order valence-corrected chi connectivity index (χ3v) is 2.87. The van der Waals surface area contributed by atoms with E-state index in [2.05, 4.69) is 9.72 Å². The van der Waals surface area contributed by atoms with Gasteiger partial charge in [-0.1, -0.05) is 6.92 Å². The number of anilines is 1. The molecule has 6 nitrogen and oxygen atoms in total. The van der Waals surface area contributed by atoms with Gasteiger partial charge in [0.2, 0.25) is 0 Å². The van der Waals surface area contributed by atoms with E-state index in [0.29, 0.717) is 18.8 Å². The fourth-order valence-electron chi connectivity index (χ4n) is 1.65. The van der Waals surface area contributed by atoms with E-state index in [1.54, 1.807) is 11.7 Å². The number of hydrogen-bond acceptors (Lipinski definition) is 5. The van der Waals surface area contributed by atoms with Crippen LogP contribution in [0.5, 0.6) is 0 Å². The smallest absolute Gasteiger partial charge is 0.360 e. The summed E-state index contributed by atoms with van der Waals surface area (Å²) in [5, 5.41) is 0. The van der Waals surface area contributed by atoms with E-state index in [4.69, 9.17) is 10.5 Å². The third kappa shape index (κ3) is 2.81. The van der Waals surface area contributed by atoms with Gasteiger partial charge >= 0.3 is 5.97 Å². The van der Waals surface area contributed by atoms with Gasteiger partial charge in [-0.25, -0.2) is 9.78 Å². The van der Waals surface area contributed by atoms with E-state index in [9.17, 15) is 4.79 Å². The van der Waals surface area contributed by atoms with Crippen molar-refractivity contribution in [1.82, 2.24) is 9.55 Å². The number of esters is 1. The Labute approximate surface area is 107 Å². The molecule has 0 bridgehead atoms. The Kier molecular flexibility index (Phi) is 4.34. The second-order valence-corrected chi connectivity index (χ2v) is 4.66. The van der Waals surface area contributed by atoms with Crippen molar-refractivity contribution in [1.29, 1.82) is 0 Å². The molecule has 1 aromatic heterocycles. The number of nitrogens with two attached hydrogens (primary N) is 1. The highest BCUT2D eigenvalue weighted by atomic mass is 16.5. The van der Waals surface area contributed by atoms with E-state index >= 15 is 0 Å². The van der Waals surface area contributed by atoms with Crippen LogP contribution >= 0.6 is 0 Å². The van der Waals surface area contributed by atoms with Gasteiger partial charge in [0.05, 0.1) is 19.3 Å². The van der Waals surface area contributed by atoms with Crippen LogP contribution in [-0.4, -0.2) is 35.3 Å². The zero-order valence-corrected chi connectivity index (χ0v) is 11.6. The lowest BCUT2D eigenvalue weighted by Crippen LogP contribution is -2.30. The van der Waals surface area contributed by atoms with Crippen molar-refractivity contribution in [2.45, 2.75) is 39.3 Å². The molecule has 0 spiro atoms. The average Bonchev–Trinajstić information content (AvgIpc) is 2.65. The SMILES string of the molecule is CCc1nc(C(=O)OC)c(N)n1CC(C)(C)OC. The second-order valence-electron chi connectivity index (χ2n) is 4.66. The van der Waals surface area contributed by atoms with Crippen molar-refractivity contribution < 1.29 is 14.3 Å². The van der Waals surface area contributed by atoms with E-state index in [0.717, 1.165) is 5.82 Å². The molecule has 18 heavy (non-hydrogen) atoms. The van der Waals surface area contributed by atoms with Gasteiger partial charge in [0.1, 0.15) is 11.6 Å². The van der Waals surface area contributed by atoms with Crippen LogP contribution in [0.1, 0.15) is 37.1 Å². The molecule has 2 N–H and O–H groups in total. The summed E-state index contributed by atoms with van der Waals surface area (Å²) in [4.78, 5) is 15.8. The van der Waals surface area contributed by atoms with Crippen LogP contribution in [0.25, 0.3) is 0 Å². The van der Waals surface area contributed by atoms with Crippen molar-refractivity contribution in [3.63, 3.8) is 0 Å². The summed E-state index contributed by atoms with van der Waals surface area (Å²) < 4.78 is 11.8. The summed E-state index contributed by atoms with van der Waals surface area (Å²) in [5.74, 6) is 0.554. The monoisotopic (exact) mass is 255 g/mol. The standard InChI is InChI=1S/C12H21N3O3/c1-6-8-14-9(11(16)17-4)10(13)15(8)7-12(2,3)18-5/h6-7,13H2,1-5H3. The van der Waals surface area contributed by atoms with Crippen molar-refractivity contribution in [3.05, 3.63) is 11.5 Å². The number of hydrogen-bond donors (Lipinski definition) is 1. The first kappa shape index (κ1) is 14.5. The van der Waals surface area contributed by atoms with E-state index in [1.807, 2.05) is 20.8 Å². The molecule has 0 aliphatic rings. The first-order chi connectivity index (χ1) is 8.36. The zero-order chi connectivity index (χ0) is 13.9.